The molecule has 1 aromatic heterocycles. The van der Waals surface area contributed by atoms with Crippen molar-refractivity contribution >= 4 is 28.8 Å². The molecule has 1 N–H and O–H groups in total. The first-order valence-corrected chi connectivity index (χ1v) is 5.53. The van der Waals surface area contributed by atoms with E-state index >= 15 is 0 Å². The van der Waals surface area contributed by atoms with Crippen LogP contribution in [0.1, 0.15) is 9.67 Å². The molecule has 5 heteroatoms. The third-order valence-electron chi connectivity index (χ3n) is 1.67. The Labute approximate surface area is 92.7 Å². The maximum atomic E-state index is 11.5. The van der Waals surface area contributed by atoms with Gasteiger partial charge in [-0.2, -0.15) is 0 Å². The van der Waals surface area contributed by atoms with E-state index in [0.717, 1.165) is 6.54 Å². The molecular formula is C9H13ClN2OS. The minimum Gasteiger partial charge on any atom is -0.350 e. The predicted octanol–water partition coefficient (Wildman–Crippen LogP) is 1.69. The van der Waals surface area contributed by atoms with Gasteiger partial charge in [-0.3, -0.25) is 4.79 Å². The van der Waals surface area contributed by atoms with Crippen molar-refractivity contribution in [2.45, 2.75) is 0 Å². The Balaban J connectivity index is 2.40. The second-order valence-electron chi connectivity index (χ2n) is 3.16. The highest BCUT2D eigenvalue weighted by atomic mass is 35.5. The van der Waals surface area contributed by atoms with Gasteiger partial charge < -0.3 is 10.2 Å². The zero-order valence-corrected chi connectivity index (χ0v) is 9.78. The molecule has 0 bridgehead atoms. The van der Waals surface area contributed by atoms with Crippen LogP contribution < -0.4 is 5.32 Å². The summed E-state index contributed by atoms with van der Waals surface area (Å²) in [4.78, 5) is 14.1. The monoisotopic (exact) mass is 232 g/mol. The minimum atomic E-state index is -0.0909. The van der Waals surface area contributed by atoms with E-state index in [4.69, 9.17) is 11.6 Å². The number of halogens is 1. The van der Waals surface area contributed by atoms with Crippen molar-refractivity contribution in [3.8, 4) is 0 Å². The number of hydrogen-bond donors (Lipinski definition) is 1. The lowest BCUT2D eigenvalue weighted by Gasteiger charge is -2.09. The Hall–Kier alpha value is -0.580. The Kier molecular flexibility index (Phi) is 4.38. The van der Waals surface area contributed by atoms with Gasteiger partial charge in [-0.1, -0.05) is 11.6 Å². The van der Waals surface area contributed by atoms with E-state index in [1.807, 2.05) is 24.4 Å². The summed E-state index contributed by atoms with van der Waals surface area (Å²) in [5.41, 5.74) is 0. The van der Waals surface area contributed by atoms with Gasteiger partial charge in [-0.05, 0) is 25.5 Å². The summed E-state index contributed by atoms with van der Waals surface area (Å²) in [5.74, 6) is -0.0909. The third kappa shape index (κ3) is 3.29. The first kappa shape index (κ1) is 11.5. The molecule has 0 aliphatic carbocycles. The molecule has 0 unspecified atom stereocenters. The Bertz CT molecular complexity index is 312. The quantitative estimate of drug-likeness (QED) is 0.857. The van der Waals surface area contributed by atoms with E-state index in [9.17, 15) is 4.79 Å². The largest absolute Gasteiger partial charge is 0.350 e. The summed E-state index contributed by atoms with van der Waals surface area (Å²) in [6, 6.07) is 1.73. The average Bonchev–Trinajstić information content (AvgIpc) is 2.50. The lowest BCUT2D eigenvalue weighted by Crippen LogP contribution is -2.30. The molecule has 0 fully saturated rings. The first-order chi connectivity index (χ1) is 6.61. The Morgan fingerprint density at radius 3 is 2.86 bits per heavy atom. The van der Waals surface area contributed by atoms with Crippen molar-refractivity contribution in [1.29, 1.82) is 0 Å². The Morgan fingerprint density at radius 2 is 2.36 bits per heavy atom. The lowest BCUT2D eigenvalue weighted by atomic mass is 10.4. The van der Waals surface area contributed by atoms with Crippen LogP contribution in [0.5, 0.6) is 0 Å². The van der Waals surface area contributed by atoms with E-state index in [0.29, 0.717) is 16.4 Å². The highest BCUT2D eigenvalue weighted by Gasteiger charge is 2.10. The zero-order chi connectivity index (χ0) is 10.6. The van der Waals surface area contributed by atoms with Crippen molar-refractivity contribution in [3.63, 3.8) is 0 Å². The maximum absolute atomic E-state index is 11.5. The number of nitrogens with zero attached hydrogens (tertiary/aromatic N) is 1. The minimum absolute atomic E-state index is 0.0909. The number of thiophene rings is 1. The van der Waals surface area contributed by atoms with Crippen LogP contribution in [0.4, 0.5) is 0 Å². The summed E-state index contributed by atoms with van der Waals surface area (Å²) in [6.45, 7) is 1.47. The van der Waals surface area contributed by atoms with E-state index < -0.39 is 0 Å². The van der Waals surface area contributed by atoms with Gasteiger partial charge in [-0.15, -0.1) is 11.3 Å². The third-order valence-corrected chi connectivity index (χ3v) is 3.01. The number of carbonyl (C=O) groups excluding carboxylic acids is 1. The molecule has 3 nitrogen and oxygen atoms in total. The summed E-state index contributed by atoms with van der Waals surface area (Å²) in [5, 5.41) is 5.14. The van der Waals surface area contributed by atoms with Crippen molar-refractivity contribution in [2.24, 2.45) is 0 Å². The van der Waals surface area contributed by atoms with Crippen molar-refractivity contribution in [2.75, 3.05) is 27.2 Å². The number of rotatable bonds is 4. The smallest absolute Gasteiger partial charge is 0.262 e. The fourth-order valence-corrected chi connectivity index (χ4v) is 1.99. The fraction of sp³-hybridized carbons (Fsp3) is 0.444. The van der Waals surface area contributed by atoms with Gasteiger partial charge in [0, 0.05) is 13.1 Å². The zero-order valence-electron chi connectivity index (χ0n) is 8.21. The highest BCUT2D eigenvalue weighted by Crippen LogP contribution is 2.21. The fourth-order valence-electron chi connectivity index (χ4n) is 0.929. The van der Waals surface area contributed by atoms with Crippen LogP contribution in [0.15, 0.2) is 11.4 Å². The normalized spacial score (nSPS) is 10.6. The van der Waals surface area contributed by atoms with Crippen molar-refractivity contribution in [3.05, 3.63) is 21.3 Å². The molecule has 0 atom stereocenters. The van der Waals surface area contributed by atoms with Crippen molar-refractivity contribution in [1.82, 2.24) is 10.2 Å². The van der Waals surface area contributed by atoms with Gasteiger partial charge in [0.05, 0.1) is 5.02 Å². The standard InChI is InChI=1S/C9H13ClN2OS/c1-12(2)5-4-11-9(13)8-7(10)3-6-14-8/h3,6H,4-5H2,1-2H3,(H,11,13). The van der Waals surface area contributed by atoms with E-state index in [1.54, 1.807) is 6.07 Å². The second-order valence-corrected chi connectivity index (χ2v) is 4.48. The molecule has 1 rings (SSSR count). The van der Waals surface area contributed by atoms with Gasteiger partial charge in [0.1, 0.15) is 4.88 Å². The highest BCUT2D eigenvalue weighted by molar-refractivity contribution is 7.12. The molecule has 1 amide bonds. The predicted molar refractivity (Wildman–Crippen MR) is 60.2 cm³/mol. The summed E-state index contributed by atoms with van der Waals surface area (Å²) in [6.07, 6.45) is 0. The van der Waals surface area contributed by atoms with E-state index in [-0.39, 0.29) is 5.91 Å². The summed E-state index contributed by atoms with van der Waals surface area (Å²) in [7, 11) is 3.93. The molecule has 0 radical (unpaired) electrons. The van der Waals surface area contributed by atoms with Gasteiger partial charge in [-0.25, -0.2) is 0 Å². The number of nitrogens with one attached hydrogen (secondary N) is 1. The van der Waals surface area contributed by atoms with Crippen LogP contribution >= 0.6 is 22.9 Å². The molecule has 14 heavy (non-hydrogen) atoms. The molecule has 1 aromatic rings. The second kappa shape index (κ2) is 5.34. The lowest BCUT2D eigenvalue weighted by molar-refractivity contribution is 0.0955. The SMILES string of the molecule is CN(C)CCNC(=O)c1sccc1Cl. The number of carbonyl (C=O) groups is 1. The van der Waals surface area contributed by atoms with Crippen LogP contribution in [-0.2, 0) is 0 Å². The number of amides is 1. The molecule has 0 aliphatic heterocycles. The molecule has 0 saturated heterocycles. The van der Waals surface area contributed by atoms with Crippen LogP contribution in [0, 0.1) is 0 Å². The first-order valence-electron chi connectivity index (χ1n) is 4.27. The molecule has 78 valence electrons. The molecular weight excluding hydrogens is 220 g/mol. The molecule has 0 spiro atoms. The number of hydrogen-bond acceptors (Lipinski definition) is 3. The van der Waals surface area contributed by atoms with E-state index in [2.05, 4.69) is 5.32 Å². The number of likely N-dealkylation sites (N-methyl/N-ethyl adjacent to an activating group) is 1. The maximum Gasteiger partial charge on any atom is 0.262 e. The van der Waals surface area contributed by atoms with Crippen LogP contribution in [0.3, 0.4) is 0 Å². The summed E-state index contributed by atoms with van der Waals surface area (Å²) >= 11 is 7.17. The molecule has 1 heterocycles. The molecule has 0 aromatic carbocycles. The topological polar surface area (TPSA) is 32.3 Å². The molecule has 0 aliphatic rings. The van der Waals surface area contributed by atoms with Crippen LogP contribution in [-0.4, -0.2) is 38.0 Å². The van der Waals surface area contributed by atoms with Gasteiger partial charge in [0.25, 0.3) is 5.91 Å². The van der Waals surface area contributed by atoms with Gasteiger partial charge >= 0.3 is 0 Å². The van der Waals surface area contributed by atoms with Crippen LogP contribution in [0.2, 0.25) is 5.02 Å². The van der Waals surface area contributed by atoms with E-state index in [1.165, 1.54) is 11.3 Å². The average molecular weight is 233 g/mol. The van der Waals surface area contributed by atoms with Gasteiger partial charge in [0.15, 0.2) is 0 Å². The van der Waals surface area contributed by atoms with Crippen molar-refractivity contribution < 1.29 is 4.79 Å². The van der Waals surface area contributed by atoms with Gasteiger partial charge in [0.2, 0.25) is 0 Å². The Morgan fingerprint density at radius 1 is 1.64 bits per heavy atom. The van der Waals surface area contributed by atoms with Crippen LogP contribution in [0.25, 0.3) is 0 Å². The summed E-state index contributed by atoms with van der Waals surface area (Å²) < 4.78 is 0. The molecule has 0 saturated carbocycles.